The second-order valence-corrected chi connectivity index (χ2v) is 10.6. The molecule has 0 fully saturated rings. The monoisotopic (exact) mass is 589 g/mol. The Morgan fingerprint density at radius 1 is 0.886 bits per heavy atom. The van der Waals surface area contributed by atoms with E-state index in [1.807, 2.05) is 71.9 Å². The smallest absolute Gasteiger partial charge is 0.274 e. The summed E-state index contributed by atoms with van der Waals surface area (Å²) in [5.41, 5.74) is 3.23. The summed E-state index contributed by atoms with van der Waals surface area (Å²) in [5, 5.41) is 9.49. The van der Waals surface area contributed by atoms with Gasteiger partial charge in [-0.25, -0.2) is 0 Å². The molecular formula is C35H33N4O5+. The second kappa shape index (κ2) is 13.6. The molecule has 0 spiro atoms. The number of carbonyl (C=O) groups is 2. The van der Waals surface area contributed by atoms with Crippen molar-refractivity contribution in [2.75, 3.05) is 12.4 Å². The van der Waals surface area contributed by atoms with Gasteiger partial charge >= 0.3 is 0 Å². The number of carbonyl (C=O) groups excluding carboxylic acids is 2. The minimum atomic E-state index is -0.988. The lowest BCUT2D eigenvalue weighted by Crippen LogP contribution is -2.55. The van der Waals surface area contributed by atoms with Crippen LogP contribution < -0.4 is 26.1 Å². The van der Waals surface area contributed by atoms with E-state index in [0.717, 1.165) is 27.5 Å². The lowest BCUT2D eigenvalue weighted by atomic mass is 10.0. The predicted octanol–water partition coefficient (Wildman–Crippen LogP) is 3.75. The molecule has 0 bridgehead atoms. The number of hydrogen-bond donors (Lipinski definition) is 3. The molecule has 0 aliphatic carbocycles. The number of pyridine rings is 1. The fraction of sp³-hybridized carbons (Fsp3) is 0.171. The van der Waals surface area contributed by atoms with E-state index in [-0.39, 0.29) is 30.0 Å². The number of aryl methyl sites for hydroxylation is 1. The maximum Gasteiger partial charge on any atom is 0.274 e. The Hall–Kier alpha value is -5.57. The molecule has 2 amide bonds. The average molecular weight is 590 g/mol. The SMILES string of the molecule is COc1ccc(Cn2ccc(C)c(NC(=O)C(Cc3ccc([NH+]=O)cc3)NC(=O)Cc3cccc4ccccc34)c2=O)cc1. The molecule has 44 heavy (non-hydrogen) atoms. The van der Waals surface area contributed by atoms with Crippen LogP contribution in [0.3, 0.4) is 0 Å². The van der Waals surface area contributed by atoms with Crippen LogP contribution in [0.5, 0.6) is 5.75 Å². The Morgan fingerprint density at radius 2 is 1.59 bits per heavy atom. The number of rotatable bonds is 11. The fourth-order valence-corrected chi connectivity index (χ4v) is 5.10. The van der Waals surface area contributed by atoms with Gasteiger partial charge in [-0.2, -0.15) is 0 Å². The van der Waals surface area contributed by atoms with Gasteiger partial charge in [0.1, 0.15) is 17.5 Å². The Morgan fingerprint density at radius 3 is 2.32 bits per heavy atom. The van der Waals surface area contributed by atoms with Crippen LogP contribution in [-0.4, -0.2) is 29.5 Å². The van der Waals surface area contributed by atoms with Gasteiger partial charge in [0.2, 0.25) is 11.8 Å². The summed E-state index contributed by atoms with van der Waals surface area (Å²) in [5.74, 6) is -0.142. The Bertz CT molecular complexity index is 1860. The van der Waals surface area contributed by atoms with Gasteiger partial charge in [-0.3, -0.25) is 14.4 Å². The Labute approximate surface area is 254 Å². The highest BCUT2D eigenvalue weighted by Gasteiger charge is 2.24. The maximum absolute atomic E-state index is 13.7. The van der Waals surface area contributed by atoms with E-state index in [1.54, 1.807) is 50.6 Å². The molecule has 9 heteroatoms. The van der Waals surface area contributed by atoms with E-state index < -0.39 is 11.9 Å². The van der Waals surface area contributed by atoms with Gasteiger partial charge in [0, 0.05) is 34.8 Å². The summed E-state index contributed by atoms with van der Waals surface area (Å²) < 4.78 is 6.74. The topological polar surface area (TPSA) is 120 Å². The van der Waals surface area contributed by atoms with Gasteiger partial charge in [0.05, 0.1) is 20.1 Å². The Balaban J connectivity index is 1.38. The van der Waals surface area contributed by atoms with Crippen LogP contribution in [0.25, 0.3) is 10.8 Å². The highest BCUT2D eigenvalue weighted by Crippen LogP contribution is 2.19. The number of benzene rings is 4. The van der Waals surface area contributed by atoms with Crippen LogP contribution >= 0.6 is 0 Å². The zero-order chi connectivity index (χ0) is 31.1. The number of ether oxygens (including phenoxy) is 1. The summed E-state index contributed by atoms with van der Waals surface area (Å²) in [4.78, 5) is 51.6. The number of nitrogens with one attached hydrogen (secondary N) is 3. The van der Waals surface area contributed by atoms with Crippen molar-refractivity contribution in [1.82, 2.24) is 9.88 Å². The first kappa shape index (κ1) is 29.9. The highest BCUT2D eigenvalue weighted by atomic mass is 16.5. The molecule has 4 aromatic carbocycles. The molecule has 5 aromatic rings. The van der Waals surface area contributed by atoms with Crippen molar-refractivity contribution < 1.29 is 19.5 Å². The van der Waals surface area contributed by atoms with Crippen molar-refractivity contribution >= 4 is 34.0 Å². The van der Waals surface area contributed by atoms with E-state index in [1.165, 1.54) is 4.57 Å². The minimum Gasteiger partial charge on any atom is -0.497 e. The molecule has 1 unspecified atom stereocenters. The third-order valence-corrected chi connectivity index (χ3v) is 7.53. The van der Waals surface area contributed by atoms with E-state index >= 15 is 0 Å². The lowest BCUT2D eigenvalue weighted by molar-refractivity contribution is -0.379. The molecule has 3 N–H and O–H groups in total. The van der Waals surface area contributed by atoms with Crippen LogP contribution in [-0.2, 0) is 29.0 Å². The standard InChI is InChI=1S/C35H32N4O5/c1-23-18-19-39(22-25-12-16-29(44-2)17-13-25)35(42)33(23)37-34(41)31(20-24-10-14-28(38-43)15-11-24)36-32(40)21-27-8-5-7-26-6-3-4-9-30(26)27/h3-19,31H,20-22H2,1-2H3,(H,36,40)(H,37,41)/p+1. The zero-order valence-corrected chi connectivity index (χ0v) is 24.5. The second-order valence-electron chi connectivity index (χ2n) is 10.6. The van der Waals surface area contributed by atoms with Gasteiger partial charge in [-0.1, -0.05) is 66.7 Å². The fourth-order valence-electron chi connectivity index (χ4n) is 5.10. The molecule has 1 heterocycles. The molecule has 0 aliphatic rings. The first-order valence-electron chi connectivity index (χ1n) is 14.2. The molecule has 1 aromatic heterocycles. The van der Waals surface area contributed by atoms with Crippen molar-refractivity contribution in [2.45, 2.75) is 32.4 Å². The zero-order valence-electron chi connectivity index (χ0n) is 24.5. The number of fused-ring (bicyclic) bond motifs is 1. The number of nitroso groups, excluding NO2 is 1. The summed E-state index contributed by atoms with van der Waals surface area (Å²) in [6.07, 6.45) is 1.91. The number of nitrogens with zero attached hydrogens (tertiary/aromatic N) is 1. The average Bonchev–Trinajstić information content (AvgIpc) is 3.05. The molecule has 9 nitrogen and oxygen atoms in total. The van der Waals surface area contributed by atoms with Crippen LogP contribution in [0, 0.1) is 11.8 Å². The summed E-state index contributed by atoms with van der Waals surface area (Å²) in [6.45, 7) is 2.05. The van der Waals surface area contributed by atoms with Crippen molar-refractivity contribution in [1.29, 1.82) is 0 Å². The molecule has 0 saturated carbocycles. The number of amides is 2. The van der Waals surface area contributed by atoms with Crippen molar-refractivity contribution in [3.05, 3.63) is 141 Å². The first-order valence-corrected chi connectivity index (χ1v) is 14.2. The van der Waals surface area contributed by atoms with Crippen molar-refractivity contribution in [3.63, 3.8) is 0 Å². The first-order chi connectivity index (χ1) is 21.3. The predicted molar refractivity (Wildman–Crippen MR) is 170 cm³/mol. The molecule has 0 radical (unpaired) electrons. The van der Waals surface area contributed by atoms with Crippen LogP contribution in [0.1, 0.15) is 22.3 Å². The molecule has 222 valence electrons. The lowest BCUT2D eigenvalue weighted by Gasteiger charge is -2.20. The molecule has 5 rings (SSSR count). The van der Waals surface area contributed by atoms with Crippen LogP contribution in [0.4, 0.5) is 11.4 Å². The molecule has 0 aliphatic heterocycles. The molecule has 1 atom stereocenters. The van der Waals surface area contributed by atoms with Gasteiger partial charge in [0.15, 0.2) is 0 Å². The minimum absolute atomic E-state index is 0.0726. The van der Waals surface area contributed by atoms with Crippen molar-refractivity contribution in [3.8, 4) is 5.75 Å². The molecule has 0 saturated heterocycles. The van der Waals surface area contributed by atoms with Crippen molar-refractivity contribution in [2.24, 2.45) is 0 Å². The summed E-state index contributed by atoms with van der Waals surface area (Å²) in [7, 11) is 1.59. The summed E-state index contributed by atoms with van der Waals surface area (Å²) >= 11 is 0. The largest absolute Gasteiger partial charge is 0.497 e. The summed E-state index contributed by atoms with van der Waals surface area (Å²) in [6, 6.07) is 28.4. The third-order valence-electron chi connectivity index (χ3n) is 7.53. The van der Waals surface area contributed by atoms with E-state index in [2.05, 4.69) is 10.6 Å². The van der Waals surface area contributed by atoms with E-state index in [4.69, 9.17) is 4.74 Å². The van der Waals surface area contributed by atoms with Gasteiger partial charge in [-0.15, -0.1) is 0 Å². The molecular weight excluding hydrogens is 556 g/mol. The highest BCUT2D eigenvalue weighted by molar-refractivity contribution is 5.98. The number of aromatic nitrogens is 1. The number of methoxy groups -OCH3 is 1. The van der Waals surface area contributed by atoms with E-state index in [9.17, 15) is 19.3 Å². The third kappa shape index (κ3) is 7.07. The number of anilines is 1. The maximum atomic E-state index is 13.7. The van der Waals surface area contributed by atoms with Gasteiger partial charge in [0.25, 0.3) is 11.2 Å². The van der Waals surface area contributed by atoms with Crippen LogP contribution in [0.15, 0.2) is 108 Å². The number of hydrogen-bond acceptors (Lipinski definition) is 5. The Kier molecular flexibility index (Phi) is 9.25. The normalized spacial score (nSPS) is 11.5. The van der Waals surface area contributed by atoms with Gasteiger partial charge < -0.3 is 19.9 Å². The quantitative estimate of drug-likeness (QED) is 0.217. The van der Waals surface area contributed by atoms with E-state index in [0.29, 0.717) is 23.5 Å². The van der Waals surface area contributed by atoms with Gasteiger partial charge in [-0.05, 0) is 58.1 Å². The van der Waals surface area contributed by atoms with Crippen LogP contribution in [0.2, 0.25) is 0 Å².